The Hall–Kier alpha value is -1.47. The Morgan fingerprint density at radius 1 is 1.45 bits per heavy atom. The minimum absolute atomic E-state index is 0.00447. The second-order valence-corrected chi connectivity index (χ2v) is 5.62. The van der Waals surface area contributed by atoms with Crippen LogP contribution in [0.5, 0.6) is 0 Å². The van der Waals surface area contributed by atoms with Crippen LogP contribution in [0.25, 0.3) is 0 Å². The fourth-order valence-corrected chi connectivity index (χ4v) is 2.39. The lowest BCUT2D eigenvalue weighted by molar-refractivity contribution is -0.128. The molecule has 0 radical (unpaired) electrons. The number of nitrogens with one attached hydrogen (secondary N) is 1. The maximum absolute atomic E-state index is 11.7. The summed E-state index contributed by atoms with van der Waals surface area (Å²) in [7, 11) is 0. The zero-order valence-electron chi connectivity index (χ0n) is 12.1. The number of rotatable bonds is 7. The first-order valence-electron chi connectivity index (χ1n) is 6.46. The van der Waals surface area contributed by atoms with Gasteiger partial charge in [-0.3, -0.25) is 4.79 Å². The van der Waals surface area contributed by atoms with Gasteiger partial charge < -0.3 is 15.2 Å². The Bertz CT molecular complexity index is 487. The number of hydrogen-bond acceptors (Lipinski definition) is 5. The molecule has 0 bridgehead atoms. The summed E-state index contributed by atoms with van der Waals surface area (Å²) in [6.45, 7) is 7.29. The van der Waals surface area contributed by atoms with Crippen molar-refractivity contribution in [2.75, 3.05) is 6.61 Å². The third-order valence-corrected chi connectivity index (χ3v) is 4.16. The number of carboxylic acids is 1. The monoisotopic (exact) mass is 300 g/mol. The third-order valence-electron chi connectivity index (χ3n) is 2.83. The Labute approximate surface area is 122 Å². The zero-order chi connectivity index (χ0) is 15.3. The fourth-order valence-electron chi connectivity index (χ4n) is 1.48. The predicted molar refractivity (Wildman–Crippen MR) is 76.1 cm³/mol. The molecule has 112 valence electrons. The highest BCUT2D eigenvalue weighted by Crippen LogP contribution is 2.23. The smallest absolute Gasteiger partial charge is 0.347 e. The van der Waals surface area contributed by atoms with Crippen molar-refractivity contribution >= 4 is 23.2 Å². The van der Waals surface area contributed by atoms with Crippen LogP contribution in [0, 0.1) is 6.92 Å². The summed E-state index contributed by atoms with van der Waals surface area (Å²) < 4.78 is 5.33. The summed E-state index contributed by atoms with van der Waals surface area (Å²) >= 11 is 1.08. The van der Waals surface area contributed by atoms with Crippen LogP contribution >= 0.6 is 11.3 Å². The molecule has 1 amide bonds. The Morgan fingerprint density at radius 3 is 2.60 bits per heavy atom. The predicted octanol–water partition coefficient (Wildman–Crippen LogP) is 2.14. The van der Waals surface area contributed by atoms with Crippen molar-refractivity contribution in [1.82, 2.24) is 10.3 Å². The quantitative estimate of drug-likeness (QED) is 0.805. The molecule has 0 aliphatic heterocycles. The van der Waals surface area contributed by atoms with Gasteiger partial charge in [-0.2, -0.15) is 0 Å². The van der Waals surface area contributed by atoms with Crippen LogP contribution in [0.15, 0.2) is 0 Å². The van der Waals surface area contributed by atoms with E-state index in [0.29, 0.717) is 10.7 Å². The molecule has 2 N–H and O–H groups in total. The summed E-state index contributed by atoms with van der Waals surface area (Å²) in [5.74, 6) is -1.23. The molecule has 6 nitrogen and oxygen atoms in total. The van der Waals surface area contributed by atoms with Gasteiger partial charge in [-0.25, -0.2) is 9.78 Å². The number of carboxylic acid groups (broad SMARTS) is 1. The van der Waals surface area contributed by atoms with E-state index in [9.17, 15) is 9.59 Å². The molecule has 1 rings (SSSR count). The number of carbonyl (C=O) groups is 2. The second-order valence-electron chi connectivity index (χ2n) is 4.59. The Morgan fingerprint density at radius 2 is 2.10 bits per heavy atom. The standard InChI is InChI=1S/C13H20N2O4S/c1-5-7(2)19-6-10(16)14-9(4)12-15-8(3)11(20-12)13(17)18/h7,9H,5-6H2,1-4H3,(H,14,16)(H,17,18). The molecule has 7 heteroatoms. The van der Waals surface area contributed by atoms with E-state index in [2.05, 4.69) is 10.3 Å². The lowest BCUT2D eigenvalue weighted by Gasteiger charge is -2.13. The van der Waals surface area contributed by atoms with E-state index in [1.807, 2.05) is 13.8 Å². The van der Waals surface area contributed by atoms with E-state index >= 15 is 0 Å². The van der Waals surface area contributed by atoms with Gasteiger partial charge in [-0.05, 0) is 27.2 Å². The molecular formula is C13H20N2O4S. The number of ether oxygens (including phenoxy) is 1. The molecule has 1 aromatic heterocycles. The van der Waals surface area contributed by atoms with E-state index in [-0.39, 0.29) is 29.5 Å². The van der Waals surface area contributed by atoms with Crippen LogP contribution in [0.2, 0.25) is 0 Å². The molecule has 0 fully saturated rings. The van der Waals surface area contributed by atoms with Crippen LogP contribution in [0.1, 0.15) is 53.6 Å². The van der Waals surface area contributed by atoms with Crippen molar-refractivity contribution in [2.24, 2.45) is 0 Å². The maximum Gasteiger partial charge on any atom is 0.347 e. The first kappa shape index (κ1) is 16.6. The van der Waals surface area contributed by atoms with Crippen molar-refractivity contribution in [3.63, 3.8) is 0 Å². The number of nitrogens with zero attached hydrogens (tertiary/aromatic N) is 1. The van der Waals surface area contributed by atoms with Crippen molar-refractivity contribution in [2.45, 2.75) is 46.3 Å². The number of amides is 1. The van der Waals surface area contributed by atoms with Gasteiger partial charge in [0, 0.05) is 0 Å². The lowest BCUT2D eigenvalue weighted by atomic mass is 10.3. The minimum atomic E-state index is -0.995. The van der Waals surface area contributed by atoms with Gasteiger partial charge in [0.05, 0.1) is 17.8 Å². The van der Waals surface area contributed by atoms with Crippen molar-refractivity contribution in [3.8, 4) is 0 Å². The summed E-state index contributed by atoms with van der Waals surface area (Å²) in [5, 5.41) is 12.3. The molecule has 0 aliphatic rings. The van der Waals surface area contributed by atoms with Crippen LogP contribution < -0.4 is 5.32 Å². The van der Waals surface area contributed by atoms with Crippen LogP contribution in [-0.4, -0.2) is 34.7 Å². The van der Waals surface area contributed by atoms with Crippen molar-refractivity contribution in [3.05, 3.63) is 15.6 Å². The Balaban J connectivity index is 2.58. The van der Waals surface area contributed by atoms with Gasteiger partial charge in [0.15, 0.2) is 0 Å². The molecule has 2 unspecified atom stereocenters. The van der Waals surface area contributed by atoms with E-state index in [1.165, 1.54) is 0 Å². The summed E-state index contributed by atoms with van der Waals surface area (Å²) in [6, 6.07) is -0.333. The first-order chi connectivity index (χ1) is 9.35. The molecule has 1 aromatic rings. The molecule has 0 saturated carbocycles. The Kier molecular flexibility index (Phi) is 6.09. The lowest BCUT2D eigenvalue weighted by Crippen LogP contribution is -2.31. The third kappa shape index (κ3) is 4.57. The van der Waals surface area contributed by atoms with E-state index < -0.39 is 5.97 Å². The van der Waals surface area contributed by atoms with E-state index in [0.717, 1.165) is 17.8 Å². The highest BCUT2D eigenvalue weighted by atomic mass is 32.1. The molecule has 0 saturated heterocycles. The number of thiazole rings is 1. The number of aryl methyl sites for hydroxylation is 1. The minimum Gasteiger partial charge on any atom is -0.477 e. The second kappa shape index (κ2) is 7.35. The van der Waals surface area contributed by atoms with Crippen LogP contribution in [0.4, 0.5) is 0 Å². The molecular weight excluding hydrogens is 280 g/mol. The van der Waals surface area contributed by atoms with E-state index in [1.54, 1.807) is 13.8 Å². The molecule has 20 heavy (non-hydrogen) atoms. The highest BCUT2D eigenvalue weighted by molar-refractivity contribution is 7.13. The van der Waals surface area contributed by atoms with Crippen molar-refractivity contribution in [1.29, 1.82) is 0 Å². The first-order valence-corrected chi connectivity index (χ1v) is 7.28. The fraction of sp³-hybridized carbons (Fsp3) is 0.615. The van der Waals surface area contributed by atoms with Crippen LogP contribution in [-0.2, 0) is 9.53 Å². The molecule has 2 atom stereocenters. The number of aromatic carboxylic acids is 1. The zero-order valence-corrected chi connectivity index (χ0v) is 12.9. The normalized spacial score (nSPS) is 13.8. The summed E-state index contributed by atoms with van der Waals surface area (Å²) in [5.41, 5.74) is 0.467. The average molecular weight is 300 g/mol. The summed E-state index contributed by atoms with van der Waals surface area (Å²) in [6.07, 6.45) is 0.882. The average Bonchev–Trinajstić information content (AvgIpc) is 2.78. The van der Waals surface area contributed by atoms with Gasteiger partial charge >= 0.3 is 5.97 Å². The van der Waals surface area contributed by atoms with Gasteiger partial charge in [0.25, 0.3) is 0 Å². The van der Waals surface area contributed by atoms with Crippen molar-refractivity contribution < 1.29 is 19.4 Å². The SMILES string of the molecule is CCC(C)OCC(=O)NC(C)c1nc(C)c(C(=O)O)s1. The summed E-state index contributed by atoms with van der Waals surface area (Å²) in [4.78, 5) is 27.0. The van der Waals surface area contributed by atoms with Crippen LogP contribution in [0.3, 0.4) is 0 Å². The van der Waals surface area contributed by atoms with Gasteiger partial charge in [0.2, 0.25) is 5.91 Å². The number of aromatic nitrogens is 1. The molecule has 0 aliphatic carbocycles. The largest absolute Gasteiger partial charge is 0.477 e. The number of carbonyl (C=O) groups excluding carboxylic acids is 1. The number of hydrogen-bond donors (Lipinski definition) is 2. The van der Waals surface area contributed by atoms with Gasteiger partial charge in [0.1, 0.15) is 16.5 Å². The topological polar surface area (TPSA) is 88.5 Å². The molecule has 0 spiro atoms. The maximum atomic E-state index is 11.7. The molecule has 1 heterocycles. The van der Waals surface area contributed by atoms with E-state index in [4.69, 9.17) is 9.84 Å². The highest BCUT2D eigenvalue weighted by Gasteiger charge is 2.19. The van der Waals surface area contributed by atoms with Gasteiger partial charge in [-0.15, -0.1) is 11.3 Å². The molecule has 0 aromatic carbocycles. The van der Waals surface area contributed by atoms with Gasteiger partial charge in [-0.1, -0.05) is 6.92 Å².